The van der Waals surface area contributed by atoms with Crippen molar-refractivity contribution in [2.24, 2.45) is 0 Å². The van der Waals surface area contributed by atoms with Crippen LogP contribution >= 0.6 is 0 Å². The number of fused-ring (bicyclic) bond motifs is 1. The van der Waals surface area contributed by atoms with Crippen molar-refractivity contribution < 1.29 is 18.8 Å². The van der Waals surface area contributed by atoms with Gasteiger partial charge in [0, 0.05) is 30.4 Å². The minimum Gasteiger partial charge on any atom is -0.467 e. The minimum atomic E-state index is -0.431. The molecular weight excluding hydrogens is 358 g/mol. The van der Waals surface area contributed by atoms with Crippen molar-refractivity contribution in [1.82, 2.24) is 15.2 Å². The van der Waals surface area contributed by atoms with Crippen molar-refractivity contribution in [2.45, 2.75) is 13.0 Å². The molecule has 7 heteroatoms. The molecule has 0 radical (unpaired) electrons. The smallest absolute Gasteiger partial charge is 0.261 e. The van der Waals surface area contributed by atoms with Gasteiger partial charge in [0.1, 0.15) is 5.76 Å². The maximum absolute atomic E-state index is 12.6. The van der Waals surface area contributed by atoms with Crippen LogP contribution in [0.25, 0.3) is 0 Å². The third-order valence-electron chi connectivity index (χ3n) is 4.52. The summed E-state index contributed by atoms with van der Waals surface area (Å²) in [5.41, 5.74) is 1.74. The summed E-state index contributed by atoms with van der Waals surface area (Å²) in [5.74, 6) is -0.608. The van der Waals surface area contributed by atoms with Crippen LogP contribution in [0.1, 0.15) is 42.5 Å². The lowest BCUT2D eigenvalue weighted by Gasteiger charge is -2.11. The number of carbonyl (C=O) groups is 3. The molecule has 0 atom stereocenters. The van der Waals surface area contributed by atoms with Crippen LogP contribution in [-0.4, -0.2) is 34.2 Å². The van der Waals surface area contributed by atoms with Crippen LogP contribution in [0.2, 0.25) is 0 Å². The SMILES string of the molecule is O=C(NCCc1ccccn1)c1ccc2c(c1)C(=O)N(Cc1ccco1)C2=O. The summed E-state index contributed by atoms with van der Waals surface area (Å²) >= 11 is 0. The lowest BCUT2D eigenvalue weighted by molar-refractivity contribution is 0.0631. The average Bonchev–Trinajstić information content (AvgIpc) is 3.32. The van der Waals surface area contributed by atoms with Crippen LogP contribution in [0.5, 0.6) is 0 Å². The summed E-state index contributed by atoms with van der Waals surface area (Å²) in [6, 6.07) is 13.5. The second kappa shape index (κ2) is 7.48. The van der Waals surface area contributed by atoms with E-state index in [9.17, 15) is 14.4 Å². The number of carbonyl (C=O) groups excluding carboxylic acids is 3. The lowest BCUT2D eigenvalue weighted by Crippen LogP contribution is -2.28. The van der Waals surface area contributed by atoms with E-state index in [0.29, 0.717) is 29.9 Å². The monoisotopic (exact) mass is 375 g/mol. The molecule has 2 aromatic heterocycles. The number of rotatable bonds is 6. The minimum absolute atomic E-state index is 0.0605. The van der Waals surface area contributed by atoms with E-state index in [4.69, 9.17) is 4.42 Å². The number of nitrogens with zero attached hydrogens (tertiary/aromatic N) is 2. The van der Waals surface area contributed by atoms with Gasteiger partial charge in [-0.3, -0.25) is 24.3 Å². The fourth-order valence-corrected chi connectivity index (χ4v) is 3.09. The fraction of sp³-hybridized carbons (Fsp3) is 0.143. The highest BCUT2D eigenvalue weighted by molar-refractivity contribution is 6.21. The number of furan rings is 1. The molecule has 0 unspecified atom stereocenters. The summed E-state index contributed by atoms with van der Waals surface area (Å²) in [5, 5.41) is 2.81. The first-order valence-corrected chi connectivity index (χ1v) is 8.84. The zero-order valence-corrected chi connectivity index (χ0v) is 14.9. The van der Waals surface area contributed by atoms with E-state index < -0.39 is 11.8 Å². The molecule has 3 heterocycles. The van der Waals surface area contributed by atoms with Crippen molar-refractivity contribution in [1.29, 1.82) is 0 Å². The average molecular weight is 375 g/mol. The van der Waals surface area contributed by atoms with E-state index in [1.807, 2.05) is 18.2 Å². The first-order valence-electron chi connectivity index (χ1n) is 8.84. The molecule has 0 spiro atoms. The topological polar surface area (TPSA) is 92.5 Å². The number of benzene rings is 1. The molecule has 3 aromatic rings. The molecule has 28 heavy (non-hydrogen) atoms. The molecule has 7 nitrogen and oxygen atoms in total. The van der Waals surface area contributed by atoms with Gasteiger partial charge in [0.2, 0.25) is 0 Å². The molecular formula is C21H17N3O4. The molecule has 0 aliphatic carbocycles. The molecule has 0 bridgehead atoms. The Kier molecular flexibility index (Phi) is 4.72. The van der Waals surface area contributed by atoms with Crippen molar-refractivity contribution in [3.05, 3.63) is 89.1 Å². The fourth-order valence-electron chi connectivity index (χ4n) is 3.09. The van der Waals surface area contributed by atoms with Gasteiger partial charge in [-0.15, -0.1) is 0 Å². The second-order valence-corrected chi connectivity index (χ2v) is 6.36. The molecule has 4 rings (SSSR count). The Morgan fingerprint density at radius 3 is 2.64 bits per heavy atom. The predicted octanol–water partition coefficient (Wildman–Crippen LogP) is 2.44. The Morgan fingerprint density at radius 2 is 1.89 bits per heavy atom. The number of imide groups is 1. The molecule has 3 amide bonds. The van der Waals surface area contributed by atoms with Crippen LogP contribution in [0, 0.1) is 0 Å². The van der Waals surface area contributed by atoms with E-state index in [1.54, 1.807) is 24.4 Å². The van der Waals surface area contributed by atoms with Crippen molar-refractivity contribution in [3.8, 4) is 0 Å². The lowest BCUT2D eigenvalue weighted by atomic mass is 10.1. The van der Waals surface area contributed by atoms with E-state index >= 15 is 0 Å². The van der Waals surface area contributed by atoms with Crippen molar-refractivity contribution in [3.63, 3.8) is 0 Å². The Morgan fingerprint density at radius 1 is 1.04 bits per heavy atom. The Hall–Kier alpha value is -3.74. The highest BCUT2D eigenvalue weighted by Gasteiger charge is 2.36. The molecule has 1 aliphatic heterocycles. The van der Waals surface area contributed by atoms with Gasteiger partial charge in [-0.25, -0.2) is 0 Å². The molecule has 0 saturated carbocycles. The maximum atomic E-state index is 12.6. The second-order valence-electron chi connectivity index (χ2n) is 6.36. The van der Waals surface area contributed by atoms with Gasteiger partial charge in [0.05, 0.1) is 23.9 Å². The number of hydrogen-bond donors (Lipinski definition) is 1. The quantitative estimate of drug-likeness (QED) is 0.668. The van der Waals surface area contributed by atoms with E-state index in [1.165, 1.54) is 18.4 Å². The van der Waals surface area contributed by atoms with Crippen molar-refractivity contribution in [2.75, 3.05) is 6.54 Å². The molecule has 1 aromatic carbocycles. The first kappa shape index (κ1) is 17.7. The van der Waals surface area contributed by atoms with Crippen LogP contribution in [0.4, 0.5) is 0 Å². The van der Waals surface area contributed by atoms with Gasteiger partial charge in [0.15, 0.2) is 0 Å². The molecule has 0 saturated heterocycles. The Bertz CT molecular complexity index is 1030. The van der Waals surface area contributed by atoms with Gasteiger partial charge in [0.25, 0.3) is 17.7 Å². The summed E-state index contributed by atoms with van der Waals surface area (Å²) in [4.78, 5) is 42.9. The Balaban J connectivity index is 1.44. The highest BCUT2D eigenvalue weighted by Crippen LogP contribution is 2.25. The summed E-state index contributed by atoms with van der Waals surface area (Å²) < 4.78 is 5.22. The largest absolute Gasteiger partial charge is 0.467 e. The molecule has 0 fully saturated rings. The molecule has 1 N–H and O–H groups in total. The third-order valence-corrected chi connectivity index (χ3v) is 4.52. The van der Waals surface area contributed by atoms with Crippen molar-refractivity contribution >= 4 is 17.7 Å². The summed E-state index contributed by atoms with van der Waals surface area (Å²) in [7, 11) is 0. The summed E-state index contributed by atoms with van der Waals surface area (Å²) in [6.07, 6.45) is 3.79. The number of aromatic nitrogens is 1. The summed E-state index contributed by atoms with van der Waals surface area (Å²) in [6.45, 7) is 0.482. The van der Waals surface area contributed by atoms with Crippen LogP contribution in [-0.2, 0) is 13.0 Å². The van der Waals surface area contributed by atoms with E-state index in [2.05, 4.69) is 10.3 Å². The number of nitrogens with one attached hydrogen (secondary N) is 1. The Labute approximate surface area is 161 Å². The zero-order valence-electron chi connectivity index (χ0n) is 14.9. The van der Waals surface area contributed by atoms with Gasteiger partial charge in [-0.1, -0.05) is 6.07 Å². The number of pyridine rings is 1. The van der Waals surface area contributed by atoms with E-state index in [-0.39, 0.29) is 18.0 Å². The molecule has 1 aliphatic rings. The molecule has 140 valence electrons. The van der Waals surface area contributed by atoms with Gasteiger partial charge in [-0.2, -0.15) is 0 Å². The van der Waals surface area contributed by atoms with E-state index in [0.717, 1.165) is 10.6 Å². The van der Waals surface area contributed by atoms with Crippen LogP contribution in [0.15, 0.2) is 65.4 Å². The normalized spacial score (nSPS) is 12.9. The van der Waals surface area contributed by atoms with Gasteiger partial charge < -0.3 is 9.73 Å². The van der Waals surface area contributed by atoms with Gasteiger partial charge in [-0.05, 0) is 42.5 Å². The first-order chi connectivity index (χ1) is 13.6. The maximum Gasteiger partial charge on any atom is 0.261 e. The predicted molar refractivity (Wildman–Crippen MR) is 99.6 cm³/mol. The number of hydrogen-bond acceptors (Lipinski definition) is 5. The van der Waals surface area contributed by atoms with Gasteiger partial charge >= 0.3 is 0 Å². The zero-order chi connectivity index (χ0) is 19.5. The standard InChI is InChI=1S/C21H17N3O4/c25-19(23-10-8-15-4-1-2-9-22-15)14-6-7-17-18(12-14)21(27)24(20(17)26)13-16-5-3-11-28-16/h1-7,9,11-12H,8,10,13H2,(H,23,25). The van der Waals surface area contributed by atoms with Crippen LogP contribution in [0.3, 0.4) is 0 Å². The highest BCUT2D eigenvalue weighted by atomic mass is 16.3. The third kappa shape index (κ3) is 3.42. The number of amides is 3. The van der Waals surface area contributed by atoms with Crippen LogP contribution < -0.4 is 5.32 Å².